The second-order valence-electron chi connectivity index (χ2n) is 7.15. The van der Waals surface area contributed by atoms with Gasteiger partial charge in [-0.3, -0.25) is 9.59 Å². The predicted molar refractivity (Wildman–Crippen MR) is 105 cm³/mol. The lowest BCUT2D eigenvalue weighted by Gasteiger charge is -2.26. The molecule has 27 heavy (non-hydrogen) atoms. The van der Waals surface area contributed by atoms with Crippen LogP contribution in [0, 0.1) is 0 Å². The van der Waals surface area contributed by atoms with Crippen LogP contribution in [0.2, 0.25) is 0 Å². The molecule has 6 heteroatoms. The van der Waals surface area contributed by atoms with Gasteiger partial charge in [0, 0.05) is 6.54 Å². The number of amides is 2. The van der Waals surface area contributed by atoms with Crippen LogP contribution in [0.25, 0.3) is 0 Å². The minimum atomic E-state index is -0.190. The Kier molecular flexibility index (Phi) is 6.57. The summed E-state index contributed by atoms with van der Waals surface area (Å²) in [6.07, 6.45) is 0. The third-order valence-corrected chi connectivity index (χ3v) is 4.96. The van der Waals surface area contributed by atoms with E-state index in [4.69, 9.17) is 0 Å². The number of anilines is 1. The fraction of sp³-hybridized carbons (Fsp3) is 0.333. The Morgan fingerprint density at radius 1 is 0.926 bits per heavy atom. The zero-order valence-corrected chi connectivity index (χ0v) is 15.8. The third kappa shape index (κ3) is 5.64. The molecule has 2 amide bonds. The van der Waals surface area contributed by atoms with E-state index in [1.807, 2.05) is 42.5 Å². The highest BCUT2D eigenvalue weighted by Gasteiger charge is 2.23. The molecular weight excluding hydrogens is 340 g/mol. The number of carbonyl (C=O) groups is 2. The van der Waals surface area contributed by atoms with Gasteiger partial charge in [-0.05, 0) is 17.7 Å². The average Bonchev–Trinajstić information content (AvgIpc) is 2.69. The van der Waals surface area contributed by atoms with E-state index in [9.17, 15) is 9.59 Å². The first-order valence-corrected chi connectivity index (χ1v) is 9.47. The van der Waals surface area contributed by atoms with Gasteiger partial charge in [0.1, 0.15) is 26.2 Å². The van der Waals surface area contributed by atoms with Crippen molar-refractivity contribution in [2.75, 3.05) is 45.1 Å². The van der Waals surface area contributed by atoms with E-state index in [2.05, 4.69) is 17.7 Å². The zero-order chi connectivity index (χ0) is 19.1. The topological polar surface area (TPSA) is 67.1 Å². The van der Waals surface area contributed by atoms with Crippen molar-refractivity contribution < 1.29 is 19.4 Å². The van der Waals surface area contributed by atoms with E-state index in [0.29, 0.717) is 24.3 Å². The molecule has 1 heterocycles. The Morgan fingerprint density at radius 3 is 2.33 bits per heavy atom. The predicted octanol–water partition coefficient (Wildman–Crippen LogP) is -1.03. The van der Waals surface area contributed by atoms with Crippen LogP contribution in [0.3, 0.4) is 0 Å². The second-order valence-corrected chi connectivity index (χ2v) is 7.15. The third-order valence-electron chi connectivity index (χ3n) is 4.96. The molecule has 1 fully saturated rings. The number of para-hydroxylation sites is 1. The lowest BCUT2D eigenvalue weighted by atomic mass is 10.1. The minimum absolute atomic E-state index is 0.0483. The fourth-order valence-electron chi connectivity index (χ4n) is 3.29. The quantitative estimate of drug-likeness (QED) is 0.527. The zero-order valence-electron chi connectivity index (χ0n) is 15.8. The molecule has 1 aliphatic rings. The van der Waals surface area contributed by atoms with Crippen molar-refractivity contribution in [3.8, 4) is 0 Å². The van der Waals surface area contributed by atoms with E-state index in [-0.39, 0.29) is 11.8 Å². The molecule has 2 aromatic rings. The SMILES string of the molecule is C[NH+]1CC[NH+](CC(=O)Nc2ccccc2C(=O)NCc2ccccc2)CC1. The number of hydrogen-bond acceptors (Lipinski definition) is 2. The normalized spacial score (nSPS) is 19.3. The van der Waals surface area contributed by atoms with Crippen molar-refractivity contribution >= 4 is 17.5 Å². The summed E-state index contributed by atoms with van der Waals surface area (Å²) < 4.78 is 0. The van der Waals surface area contributed by atoms with Gasteiger partial charge in [0.25, 0.3) is 11.8 Å². The molecule has 1 saturated heterocycles. The Hall–Kier alpha value is -2.70. The van der Waals surface area contributed by atoms with Crippen molar-refractivity contribution in [2.24, 2.45) is 0 Å². The van der Waals surface area contributed by atoms with E-state index in [1.165, 1.54) is 9.80 Å². The fourth-order valence-corrected chi connectivity index (χ4v) is 3.29. The minimum Gasteiger partial charge on any atom is -0.348 e. The van der Waals surface area contributed by atoms with Crippen LogP contribution >= 0.6 is 0 Å². The molecule has 1 aliphatic heterocycles. The van der Waals surface area contributed by atoms with Crippen molar-refractivity contribution in [1.82, 2.24) is 5.32 Å². The van der Waals surface area contributed by atoms with E-state index in [0.717, 1.165) is 31.7 Å². The number of nitrogens with one attached hydrogen (secondary N) is 4. The van der Waals surface area contributed by atoms with E-state index < -0.39 is 0 Å². The molecule has 0 unspecified atom stereocenters. The number of hydrogen-bond donors (Lipinski definition) is 4. The van der Waals surface area contributed by atoms with Crippen molar-refractivity contribution in [1.29, 1.82) is 0 Å². The number of quaternary nitrogens is 2. The molecule has 2 aromatic carbocycles. The van der Waals surface area contributed by atoms with E-state index >= 15 is 0 Å². The average molecular weight is 368 g/mol. The molecule has 0 spiro atoms. The molecule has 6 nitrogen and oxygen atoms in total. The first-order chi connectivity index (χ1) is 13.1. The molecule has 0 aliphatic carbocycles. The van der Waals surface area contributed by atoms with Gasteiger partial charge in [-0.1, -0.05) is 42.5 Å². The van der Waals surface area contributed by atoms with Crippen LogP contribution in [0.15, 0.2) is 54.6 Å². The maximum atomic E-state index is 12.6. The smallest absolute Gasteiger partial charge is 0.279 e. The van der Waals surface area contributed by atoms with E-state index in [1.54, 1.807) is 12.1 Å². The highest BCUT2D eigenvalue weighted by Crippen LogP contribution is 2.15. The van der Waals surface area contributed by atoms with Crippen molar-refractivity contribution in [3.05, 3.63) is 65.7 Å². The van der Waals surface area contributed by atoms with Crippen molar-refractivity contribution in [3.63, 3.8) is 0 Å². The van der Waals surface area contributed by atoms with Crippen molar-refractivity contribution in [2.45, 2.75) is 6.54 Å². The molecule has 0 radical (unpaired) electrons. The summed E-state index contributed by atoms with van der Waals surface area (Å²) in [5.41, 5.74) is 2.08. The lowest BCUT2D eigenvalue weighted by Crippen LogP contribution is -3.27. The van der Waals surface area contributed by atoms with Crippen LogP contribution in [0.5, 0.6) is 0 Å². The number of piperazine rings is 1. The number of benzene rings is 2. The summed E-state index contributed by atoms with van der Waals surface area (Å²) in [6, 6.07) is 16.9. The Morgan fingerprint density at radius 2 is 1.59 bits per heavy atom. The van der Waals surface area contributed by atoms with Gasteiger partial charge in [0.15, 0.2) is 6.54 Å². The summed E-state index contributed by atoms with van der Waals surface area (Å²) >= 11 is 0. The van der Waals surface area contributed by atoms with Gasteiger partial charge in [-0.25, -0.2) is 0 Å². The maximum Gasteiger partial charge on any atom is 0.279 e. The maximum absolute atomic E-state index is 12.6. The number of carbonyl (C=O) groups excluding carboxylic acids is 2. The summed E-state index contributed by atoms with van der Waals surface area (Å²) in [5.74, 6) is -0.238. The van der Waals surface area contributed by atoms with Crippen LogP contribution < -0.4 is 20.4 Å². The first kappa shape index (κ1) is 19.1. The van der Waals surface area contributed by atoms with Crippen LogP contribution in [0.1, 0.15) is 15.9 Å². The summed E-state index contributed by atoms with van der Waals surface area (Å²) in [5, 5.41) is 5.84. The summed E-state index contributed by atoms with van der Waals surface area (Å²) in [4.78, 5) is 27.8. The first-order valence-electron chi connectivity index (χ1n) is 9.47. The Balaban J connectivity index is 1.58. The second kappa shape index (κ2) is 9.30. The van der Waals surface area contributed by atoms with Gasteiger partial charge in [0.2, 0.25) is 0 Å². The molecule has 0 atom stereocenters. The molecule has 3 rings (SSSR count). The molecule has 142 valence electrons. The van der Waals surface area contributed by atoms with Gasteiger partial charge < -0.3 is 20.4 Å². The highest BCUT2D eigenvalue weighted by atomic mass is 16.2. The van der Waals surface area contributed by atoms with Crippen LogP contribution in [0.4, 0.5) is 5.69 Å². The highest BCUT2D eigenvalue weighted by molar-refractivity contribution is 6.03. The van der Waals surface area contributed by atoms with Crippen LogP contribution in [-0.4, -0.2) is 51.6 Å². The molecular formula is C21H28N4O2+2. The summed E-state index contributed by atoms with van der Waals surface area (Å²) in [7, 11) is 2.18. The molecule has 4 N–H and O–H groups in total. The van der Waals surface area contributed by atoms with Gasteiger partial charge in [-0.15, -0.1) is 0 Å². The number of likely N-dealkylation sites (N-methyl/N-ethyl adjacent to an activating group) is 1. The van der Waals surface area contributed by atoms with Gasteiger partial charge in [0.05, 0.1) is 18.3 Å². The standard InChI is InChI=1S/C21H26N4O2/c1-24-11-13-25(14-12-24)16-20(26)23-19-10-6-5-9-18(19)21(27)22-15-17-7-3-2-4-8-17/h2-10H,11-16H2,1H3,(H,22,27)(H,23,26)/p+2. The Bertz CT molecular complexity index is 771. The lowest BCUT2D eigenvalue weighted by molar-refractivity contribution is -0.999. The molecule has 0 bridgehead atoms. The largest absolute Gasteiger partial charge is 0.348 e. The van der Waals surface area contributed by atoms with Gasteiger partial charge in [-0.2, -0.15) is 0 Å². The Labute approximate surface area is 160 Å². The number of rotatable bonds is 6. The van der Waals surface area contributed by atoms with Gasteiger partial charge >= 0.3 is 0 Å². The molecule has 0 saturated carbocycles. The van der Waals surface area contributed by atoms with Crippen LogP contribution in [-0.2, 0) is 11.3 Å². The summed E-state index contributed by atoms with van der Waals surface area (Å²) in [6.45, 7) is 5.06. The molecule has 0 aromatic heterocycles. The monoisotopic (exact) mass is 368 g/mol.